The normalized spacial score (nSPS) is 22.9. The van der Waals surface area contributed by atoms with Crippen LogP contribution in [0.2, 0.25) is 0 Å². The van der Waals surface area contributed by atoms with Crippen LogP contribution in [-0.2, 0) is 9.59 Å². The van der Waals surface area contributed by atoms with Crippen LogP contribution in [-0.4, -0.2) is 82.3 Å². The van der Waals surface area contributed by atoms with Gasteiger partial charge in [-0.2, -0.15) is 0 Å². The quantitative estimate of drug-likeness (QED) is 0.160. The minimum absolute atomic E-state index is 0.0164. The Bertz CT molecular complexity index is 1290. The van der Waals surface area contributed by atoms with E-state index in [4.69, 9.17) is 4.74 Å². The van der Waals surface area contributed by atoms with E-state index >= 15 is 0 Å². The first-order chi connectivity index (χ1) is 21.8. The van der Waals surface area contributed by atoms with Crippen LogP contribution in [0.25, 0.3) is 0 Å². The molecule has 0 spiro atoms. The minimum Gasteiger partial charge on any atom is -0.484 e. The highest BCUT2D eigenvalue weighted by atomic mass is 16.6. The Labute approximate surface area is 267 Å². The first-order valence-corrected chi connectivity index (χ1v) is 16.7. The van der Waals surface area contributed by atoms with Gasteiger partial charge < -0.3 is 19.4 Å². The number of rotatable bonds is 12. The van der Waals surface area contributed by atoms with E-state index in [1.807, 2.05) is 4.90 Å². The van der Waals surface area contributed by atoms with E-state index in [1.165, 1.54) is 49.1 Å². The summed E-state index contributed by atoms with van der Waals surface area (Å²) < 4.78 is 5.69. The summed E-state index contributed by atoms with van der Waals surface area (Å²) in [4.78, 5) is 43.4. The van der Waals surface area contributed by atoms with Crippen LogP contribution < -0.4 is 4.74 Å². The molecule has 9 nitrogen and oxygen atoms in total. The summed E-state index contributed by atoms with van der Waals surface area (Å²) in [6, 6.07) is 17.4. The Morgan fingerprint density at radius 2 is 1.64 bits per heavy atom. The molecule has 1 aliphatic heterocycles. The lowest BCUT2D eigenvalue weighted by atomic mass is 9.88. The molecule has 9 heteroatoms. The topological polar surface area (TPSA) is 96.2 Å². The van der Waals surface area contributed by atoms with E-state index in [1.54, 1.807) is 13.0 Å². The zero-order chi connectivity index (χ0) is 31.8. The number of nitrogens with zero attached hydrogens (tertiary/aromatic N) is 4. The second-order valence-electron chi connectivity index (χ2n) is 13.0. The van der Waals surface area contributed by atoms with Crippen molar-refractivity contribution in [3.05, 3.63) is 82.9 Å². The SMILES string of the molecule is C=CCN(C(=O)COc1ccc([N+](=O)[O-])cc1)C1CCN(C[C@H]2CC(N(C(C)=O)C3CCCCC3)C[C@@H]2c2ccccc2)CC1. The smallest absolute Gasteiger partial charge is 0.269 e. The van der Waals surface area contributed by atoms with Gasteiger partial charge in [0.25, 0.3) is 11.6 Å². The van der Waals surface area contributed by atoms with Gasteiger partial charge in [-0.05, 0) is 68.1 Å². The molecule has 2 amide bonds. The maximum absolute atomic E-state index is 13.2. The minimum atomic E-state index is -0.460. The Morgan fingerprint density at radius 1 is 0.956 bits per heavy atom. The summed E-state index contributed by atoms with van der Waals surface area (Å²) in [6.07, 6.45) is 11.6. The zero-order valence-electron chi connectivity index (χ0n) is 26.6. The summed E-state index contributed by atoms with van der Waals surface area (Å²) in [5.74, 6) is 1.44. The predicted molar refractivity (Wildman–Crippen MR) is 175 cm³/mol. The lowest BCUT2D eigenvalue weighted by Crippen LogP contribution is -2.49. The van der Waals surface area contributed by atoms with Crippen molar-refractivity contribution >= 4 is 17.5 Å². The van der Waals surface area contributed by atoms with Crippen molar-refractivity contribution in [1.82, 2.24) is 14.7 Å². The van der Waals surface area contributed by atoms with Crippen molar-refractivity contribution in [3.63, 3.8) is 0 Å². The highest BCUT2D eigenvalue weighted by Gasteiger charge is 2.42. The molecule has 0 radical (unpaired) electrons. The molecule has 242 valence electrons. The van der Waals surface area contributed by atoms with Crippen molar-refractivity contribution in [2.75, 3.05) is 32.8 Å². The molecule has 2 aromatic carbocycles. The van der Waals surface area contributed by atoms with E-state index in [0.717, 1.165) is 58.2 Å². The van der Waals surface area contributed by atoms with Gasteiger partial charge in [-0.25, -0.2) is 0 Å². The summed E-state index contributed by atoms with van der Waals surface area (Å²) in [5.41, 5.74) is 1.36. The number of carbonyl (C=O) groups is 2. The largest absolute Gasteiger partial charge is 0.484 e. The van der Waals surface area contributed by atoms with E-state index < -0.39 is 4.92 Å². The van der Waals surface area contributed by atoms with Gasteiger partial charge in [0.05, 0.1) is 4.92 Å². The summed E-state index contributed by atoms with van der Waals surface area (Å²) >= 11 is 0. The molecule has 1 unspecified atom stereocenters. The number of benzene rings is 2. The van der Waals surface area contributed by atoms with E-state index in [9.17, 15) is 19.7 Å². The number of hydrogen-bond acceptors (Lipinski definition) is 6. The van der Waals surface area contributed by atoms with E-state index in [0.29, 0.717) is 30.2 Å². The average Bonchev–Trinajstić information content (AvgIpc) is 3.46. The van der Waals surface area contributed by atoms with Crippen molar-refractivity contribution in [3.8, 4) is 5.75 Å². The molecule has 3 atom stereocenters. The fourth-order valence-corrected chi connectivity index (χ4v) is 8.04. The summed E-state index contributed by atoms with van der Waals surface area (Å²) in [6.45, 7) is 8.79. The fraction of sp³-hybridized carbons (Fsp3) is 0.556. The third kappa shape index (κ3) is 8.31. The molecule has 1 saturated heterocycles. The molecule has 5 rings (SSSR count). The third-order valence-corrected chi connectivity index (χ3v) is 10.2. The van der Waals surface area contributed by atoms with Crippen LogP contribution in [0.3, 0.4) is 0 Å². The average molecular weight is 617 g/mol. The number of piperidine rings is 1. The number of likely N-dealkylation sites (tertiary alicyclic amines) is 1. The Balaban J connectivity index is 1.19. The molecule has 3 aliphatic rings. The van der Waals surface area contributed by atoms with Crippen LogP contribution in [0.1, 0.15) is 76.2 Å². The number of ether oxygens (including phenoxy) is 1. The molecule has 2 saturated carbocycles. The highest BCUT2D eigenvalue weighted by molar-refractivity contribution is 5.78. The molecule has 2 aliphatic carbocycles. The van der Waals surface area contributed by atoms with Crippen molar-refractivity contribution in [2.24, 2.45) is 5.92 Å². The first-order valence-electron chi connectivity index (χ1n) is 16.7. The number of carbonyl (C=O) groups excluding carboxylic acids is 2. The second kappa shape index (κ2) is 15.5. The molecule has 45 heavy (non-hydrogen) atoms. The number of amides is 2. The van der Waals surface area contributed by atoms with E-state index in [2.05, 4.69) is 46.7 Å². The monoisotopic (exact) mass is 616 g/mol. The lowest BCUT2D eigenvalue weighted by molar-refractivity contribution is -0.384. The van der Waals surface area contributed by atoms with Gasteiger partial charge in [0, 0.05) is 63.4 Å². The molecule has 0 bridgehead atoms. The Hall–Kier alpha value is -3.72. The lowest BCUT2D eigenvalue weighted by Gasteiger charge is -2.40. The van der Waals surface area contributed by atoms with Gasteiger partial charge in [0.2, 0.25) is 5.91 Å². The van der Waals surface area contributed by atoms with Crippen LogP contribution >= 0.6 is 0 Å². The second-order valence-corrected chi connectivity index (χ2v) is 13.0. The number of hydrogen-bond donors (Lipinski definition) is 0. The van der Waals surface area contributed by atoms with Gasteiger partial charge in [-0.1, -0.05) is 55.7 Å². The predicted octanol–water partition coefficient (Wildman–Crippen LogP) is 6.20. The fourth-order valence-electron chi connectivity index (χ4n) is 8.04. The summed E-state index contributed by atoms with van der Waals surface area (Å²) in [7, 11) is 0. The van der Waals surface area contributed by atoms with Gasteiger partial charge in [0.1, 0.15) is 5.75 Å². The van der Waals surface area contributed by atoms with Gasteiger partial charge in [-0.15, -0.1) is 6.58 Å². The van der Waals surface area contributed by atoms with Gasteiger partial charge in [-0.3, -0.25) is 19.7 Å². The Morgan fingerprint density at radius 3 is 2.27 bits per heavy atom. The summed E-state index contributed by atoms with van der Waals surface area (Å²) in [5, 5.41) is 10.9. The number of non-ortho nitro benzene ring substituents is 1. The zero-order valence-corrected chi connectivity index (χ0v) is 26.6. The van der Waals surface area contributed by atoms with Gasteiger partial charge >= 0.3 is 0 Å². The number of nitro groups is 1. The molecule has 1 heterocycles. The van der Waals surface area contributed by atoms with E-state index in [-0.39, 0.29) is 36.2 Å². The molecular weight excluding hydrogens is 568 g/mol. The van der Waals surface area contributed by atoms with Crippen molar-refractivity contribution in [2.45, 2.75) is 88.8 Å². The standard InChI is InChI=1S/C36H48N4O5/c1-3-20-38(36(42)26-45-34-16-14-32(15-17-34)40(43)44)30-18-21-37(22-19-30)25-29-23-33(24-35(29)28-10-6-4-7-11-28)39(27(2)41)31-12-8-5-9-13-31/h3-4,6-7,10-11,14-17,29-31,33,35H,1,5,8-9,12-13,18-26H2,2H3/t29-,33?,35-/m1/s1. The van der Waals surface area contributed by atoms with Crippen molar-refractivity contribution in [1.29, 1.82) is 0 Å². The van der Waals surface area contributed by atoms with Crippen molar-refractivity contribution < 1.29 is 19.2 Å². The van der Waals surface area contributed by atoms with Crippen LogP contribution in [0, 0.1) is 16.0 Å². The Kier molecular flexibility index (Phi) is 11.3. The molecule has 0 N–H and O–H groups in total. The highest BCUT2D eigenvalue weighted by Crippen LogP contribution is 2.44. The molecular formula is C36H48N4O5. The van der Waals surface area contributed by atoms with Crippen LogP contribution in [0.4, 0.5) is 5.69 Å². The molecule has 2 aromatic rings. The molecule has 3 fully saturated rings. The molecule has 0 aromatic heterocycles. The third-order valence-electron chi connectivity index (χ3n) is 10.2. The van der Waals surface area contributed by atoms with Crippen LogP contribution in [0.5, 0.6) is 5.75 Å². The maximum atomic E-state index is 13.2. The first kappa shape index (κ1) is 32.7. The number of nitro benzene ring substituents is 1. The maximum Gasteiger partial charge on any atom is 0.269 e. The van der Waals surface area contributed by atoms with Crippen LogP contribution in [0.15, 0.2) is 67.3 Å². The van der Waals surface area contributed by atoms with Gasteiger partial charge in [0.15, 0.2) is 6.61 Å².